The zero-order valence-corrected chi connectivity index (χ0v) is 10.6. The predicted molar refractivity (Wildman–Crippen MR) is 66.2 cm³/mol. The standard InChI is InChI=1S/C11H19NO4S/c13-10(7-17-8-11(14)15)12-5-4-9-3-1-2-6-16-9/h9H,1-8H2,(H,12,13)(H,14,15). The first-order valence-electron chi connectivity index (χ1n) is 5.86. The summed E-state index contributed by atoms with van der Waals surface area (Å²) < 4.78 is 5.54. The zero-order valence-electron chi connectivity index (χ0n) is 9.81. The van der Waals surface area contributed by atoms with E-state index in [4.69, 9.17) is 9.84 Å². The lowest BCUT2D eigenvalue weighted by molar-refractivity contribution is -0.133. The molecule has 1 unspecified atom stereocenters. The molecule has 1 heterocycles. The van der Waals surface area contributed by atoms with E-state index in [0.717, 1.165) is 37.6 Å². The monoisotopic (exact) mass is 261 g/mol. The van der Waals surface area contributed by atoms with E-state index >= 15 is 0 Å². The lowest BCUT2D eigenvalue weighted by Crippen LogP contribution is -2.30. The number of rotatable bonds is 7. The molecule has 6 heteroatoms. The van der Waals surface area contributed by atoms with Crippen LogP contribution in [-0.4, -0.2) is 47.7 Å². The van der Waals surface area contributed by atoms with Gasteiger partial charge in [-0.05, 0) is 25.7 Å². The molecule has 0 aromatic carbocycles. The van der Waals surface area contributed by atoms with Gasteiger partial charge in [-0.3, -0.25) is 9.59 Å². The second kappa shape index (κ2) is 8.36. The van der Waals surface area contributed by atoms with Gasteiger partial charge in [0.2, 0.25) is 5.91 Å². The molecule has 1 atom stereocenters. The van der Waals surface area contributed by atoms with Crippen molar-refractivity contribution in [2.24, 2.45) is 0 Å². The third-order valence-corrected chi connectivity index (χ3v) is 3.44. The number of carbonyl (C=O) groups is 2. The van der Waals surface area contributed by atoms with Crippen LogP contribution in [0.5, 0.6) is 0 Å². The number of carboxylic acids is 1. The van der Waals surface area contributed by atoms with Crippen molar-refractivity contribution in [1.82, 2.24) is 5.32 Å². The van der Waals surface area contributed by atoms with Crippen molar-refractivity contribution in [3.63, 3.8) is 0 Å². The maximum absolute atomic E-state index is 11.3. The quantitative estimate of drug-likeness (QED) is 0.711. The van der Waals surface area contributed by atoms with Gasteiger partial charge in [0.25, 0.3) is 0 Å². The van der Waals surface area contributed by atoms with Gasteiger partial charge in [0, 0.05) is 13.2 Å². The molecular weight excluding hydrogens is 242 g/mol. The Labute approximate surface area is 105 Å². The van der Waals surface area contributed by atoms with Crippen LogP contribution in [0, 0.1) is 0 Å². The molecule has 1 amide bonds. The maximum Gasteiger partial charge on any atom is 0.313 e. The molecule has 1 rings (SSSR count). The molecule has 1 fully saturated rings. The van der Waals surface area contributed by atoms with E-state index < -0.39 is 5.97 Å². The van der Waals surface area contributed by atoms with E-state index in [9.17, 15) is 9.59 Å². The van der Waals surface area contributed by atoms with Crippen LogP contribution in [0.25, 0.3) is 0 Å². The highest BCUT2D eigenvalue weighted by atomic mass is 32.2. The van der Waals surface area contributed by atoms with Crippen LogP contribution in [0.15, 0.2) is 0 Å². The molecule has 0 aliphatic carbocycles. The topological polar surface area (TPSA) is 75.6 Å². The molecule has 0 spiro atoms. The van der Waals surface area contributed by atoms with E-state index in [1.54, 1.807) is 0 Å². The van der Waals surface area contributed by atoms with Gasteiger partial charge in [-0.15, -0.1) is 11.8 Å². The molecule has 0 radical (unpaired) electrons. The highest BCUT2D eigenvalue weighted by Gasteiger charge is 2.13. The number of hydrogen-bond donors (Lipinski definition) is 2. The molecule has 1 aliphatic heterocycles. The van der Waals surface area contributed by atoms with Crippen LogP contribution in [0.4, 0.5) is 0 Å². The normalized spacial score (nSPS) is 19.9. The van der Waals surface area contributed by atoms with Crippen LogP contribution in [0.1, 0.15) is 25.7 Å². The molecule has 0 aromatic heterocycles. The summed E-state index contributed by atoms with van der Waals surface area (Å²) in [6.45, 7) is 1.43. The van der Waals surface area contributed by atoms with Crippen LogP contribution in [0.3, 0.4) is 0 Å². The largest absolute Gasteiger partial charge is 0.481 e. The Hall–Kier alpha value is -0.750. The second-order valence-electron chi connectivity index (χ2n) is 4.01. The summed E-state index contributed by atoms with van der Waals surface area (Å²) in [5, 5.41) is 11.2. The Kier molecular flexibility index (Phi) is 7.04. The van der Waals surface area contributed by atoms with Crippen molar-refractivity contribution in [2.45, 2.75) is 31.8 Å². The molecule has 5 nitrogen and oxygen atoms in total. The van der Waals surface area contributed by atoms with Crippen molar-refractivity contribution in [1.29, 1.82) is 0 Å². The van der Waals surface area contributed by atoms with E-state index in [-0.39, 0.29) is 23.5 Å². The summed E-state index contributed by atoms with van der Waals surface area (Å²) in [6.07, 6.45) is 4.52. The number of carboxylic acid groups (broad SMARTS) is 1. The van der Waals surface area contributed by atoms with Gasteiger partial charge in [-0.2, -0.15) is 0 Å². The van der Waals surface area contributed by atoms with Crippen LogP contribution < -0.4 is 5.32 Å². The minimum absolute atomic E-state index is 0.0286. The molecule has 1 saturated heterocycles. The number of amides is 1. The smallest absolute Gasteiger partial charge is 0.313 e. The number of ether oxygens (including phenoxy) is 1. The Morgan fingerprint density at radius 3 is 2.82 bits per heavy atom. The summed E-state index contributed by atoms with van der Waals surface area (Å²) in [5.74, 6) is -0.817. The van der Waals surface area contributed by atoms with Gasteiger partial charge in [0.1, 0.15) is 0 Å². The summed E-state index contributed by atoms with van der Waals surface area (Å²) in [6, 6.07) is 0. The average molecular weight is 261 g/mol. The first-order chi connectivity index (χ1) is 8.18. The van der Waals surface area contributed by atoms with Crippen molar-refractivity contribution >= 4 is 23.6 Å². The van der Waals surface area contributed by atoms with Gasteiger partial charge >= 0.3 is 5.97 Å². The van der Waals surface area contributed by atoms with E-state index in [1.165, 1.54) is 6.42 Å². The molecule has 17 heavy (non-hydrogen) atoms. The minimum atomic E-state index is -0.890. The molecule has 0 aromatic rings. The van der Waals surface area contributed by atoms with Gasteiger partial charge in [-0.25, -0.2) is 0 Å². The van der Waals surface area contributed by atoms with Crippen LogP contribution >= 0.6 is 11.8 Å². The maximum atomic E-state index is 11.3. The number of carbonyl (C=O) groups excluding carboxylic acids is 1. The fourth-order valence-electron chi connectivity index (χ4n) is 1.69. The fourth-order valence-corrected chi connectivity index (χ4v) is 2.25. The Morgan fingerprint density at radius 2 is 2.18 bits per heavy atom. The Bertz CT molecular complexity index is 254. The highest BCUT2D eigenvalue weighted by molar-refractivity contribution is 8.00. The Balaban J connectivity index is 1.97. The first kappa shape index (κ1) is 14.3. The van der Waals surface area contributed by atoms with Crippen LogP contribution in [0.2, 0.25) is 0 Å². The van der Waals surface area contributed by atoms with Crippen molar-refractivity contribution in [2.75, 3.05) is 24.7 Å². The number of hydrogen-bond acceptors (Lipinski definition) is 4. The number of aliphatic carboxylic acids is 1. The lowest BCUT2D eigenvalue weighted by Gasteiger charge is -2.22. The minimum Gasteiger partial charge on any atom is -0.481 e. The van der Waals surface area contributed by atoms with E-state index in [2.05, 4.69) is 5.32 Å². The highest BCUT2D eigenvalue weighted by Crippen LogP contribution is 2.14. The summed E-state index contributed by atoms with van der Waals surface area (Å²) in [7, 11) is 0. The third-order valence-electron chi connectivity index (χ3n) is 2.52. The molecule has 0 saturated carbocycles. The average Bonchev–Trinajstić information content (AvgIpc) is 2.30. The lowest BCUT2D eigenvalue weighted by atomic mass is 10.1. The second-order valence-corrected chi connectivity index (χ2v) is 5.00. The van der Waals surface area contributed by atoms with Gasteiger partial charge < -0.3 is 15.2 Å². The zero-order chi connectivity index (χ0) is 12.5. The summed E-state index contributed by atoms with van der Waals surface area (Å²) in [5.41, 5.74) is 0. The number of nitrogens with one attached hydrogen (secondary N) is 1. The number of thioether (sulfide) groups is 1. The van der Waals surface area contributed by atoms with Crippen molar-refractivity contribution in [3.8, 4) is 0 Å². The third kappa shape index (κ3) is 7.23. The van der Waals surface area contributed by atoms with E-state index in [1.807, 2.05) is 0 Å². The molecule has 2 N–H and O–H groups in total. The molecule has 0 bridgehead atoms. The summed E-state index contributed by atoms with van der Waals surface area (Å²) in [4.78, 5) is 21.5. The summed E-state index contributed by atoms with van der Waals surface area (Å²) >= 11 is 1.11. The van der Waals surface area contributed by atoms with Gasteiger partial charge in [0.15, 0.2) is 0 Å². The Morgan fingerprint density at radius 1 is 1.35 bits per heavy atom. The van der Waals surface area contributed by atoms with Gasteiger partial charge in [-0.1, -0.05) is 0 Å². The molecule has 1 aliphatic rings. The SMILES string of the molecule is O=C(O)CSCC(=O)NCCC1CCCCO1. The van der Waals surface area contributed by atoms with Crippen LogP contribution in [-0.2, 0) is 14.3 Å². The van der Waals surface area contributed by atoms with Crippen molar-refractivity contribution in [3.05, 3.63) is 0 Å². The fraction of sp³-hybridized carbons (Fsp3) is 0.818. The van der Waals surface area contributed by atoms with Crippen molar-refractivity contribution < 1.29 is 19.4 Å². The van der Waals surface area contributed by atoms with Gasteiger partial charge in [0.05, 0.1) is 17.6 Å². The molecule has 98 valence electrons. The first-order valence-corrected chi connectivity index (χ1v) is 7.02. The predicted octanol–water partition coefficient (Wildman–Crippen LogP) is 0.880. The molecular formula is C11H19NO4S. The van der Waals surface area contributed by atoms with E-state index in [0.29, 0.717) is 6.54 Å².